The number of benzene rings is 1. The van der Waals surface area contributed by atoms with Gasteiger partial charge in [0.2, 0.25) is 10.0 Å². The number of nitrogens with one attached hydrogen (secondary N) is 1. The zero-order valence-electron chi connectivity index (χ0n) is 12.0. The lowest BCUT2D eigenvalue weighted by Gasteiger charge is -2.32. The van der Waals surface area contributed by atoms with E-state index in [9.17, 15) is 23.6 Å². The molecular formula is C13H19N3O5S. The molecule has 9 heteroatoms. The quantitative estimate of drug-likeness (QED) is 0.551. The van der Waals surface area contributed by atoms with Gasteiger partial charge in [0.25, 0.3) is 5.69 Å². The summed E-state index contributed by atoms with van der Waals surface area (Å²) in [7, 11) is -4.11. The smallest absolute Gasteiger partial charge is 0.270 e. The molecule has 4 N–H and O–H groups in total. The third-order valence-electron chi connectivity index (χ3n) is 3.87. The van der Waals surface area contributed by atoms with Gasteiger partial charge in [0, 0.05) is 18.7 Å². The van der Waals surface area contributed by atoms with Gasteiger partial charge >= 0.3 is 0 Å². The summed E-state index contributed by atoms with van der Waals surface area (Å²) in [6.07, 6.45) is 4.18. The number of non-ortho nitro benzene ring substituents is 1. The maximum atomic E-state index is 11.6. The maximum absolute atomic E-state index is 11.6. The molecule has 0 atom stereocenters. The van der Waals surface area contributed by atoms with Crippen molar-refractivity contribution in [2.75, 3.05) is 11.9 Å². The van der Waals surface area contributed by atoms with Gasteiger partial charge in [0.05, 0.1) is 16.2 Å². The zero-order valence-corrected chi connectivity index (χ0v) is 12.8. The highest BCUT2D eigenvalue weighted by Gasteiger charge is 2.29. The van der Waals surface area contributed by atoms with Crippen LogP contribution in [0.1, 0.15) is 32.1 Å². The second-order valence-electron chi connectivity index (χ2n) is 5.62. The molecule has 0 aromatic heterocycles. The van der Waals surface area contributed by atoms with Gasteiger partial charge in [-0.25, -0.2) is 13.6 Å². The molecule has 1 aromatic rings. The fraction of sp³-hybridized carbons (Fsp3) is 0.538. The van der Waals surface area contributed by atoms with Crippen LogP contribution >= 0.6 is 0 Å². The summed E-state index contributed by atoms with van der Waals surface area (Å²) in [6, 6.07) is 3.41. The number of nitro groups is 1. The minimum atomic E-state index is -4.11. The van der Waals surface area contributed by atoms with Crippen LogP contribution in [-0.4, -0.2) is 30.6 Å². The molecule has 1 fully saturated rings. The van der Waals surface area contributed by atoms with E-state index in [0.717, 1.165) is 25.3 Å². The van der Waals surface area contributed by atoms with Gasteiger partial charge in [-0.05, 0) is 18.9 Å². The van der Waals surface area contributed by atoms with Crippen molar-refractivity contribution in [1.82, 2.24) is 0 Å². The minimum Gasteiger partial charge on any atom is -0.388 e. The second kappa shape index (κ2) is 6.19. The maximum Gasteiger partial charge on any atom is 0.270 e. The van der Waals surface area contributed by atoms with Crippen molar-refractivity contribution in [3.8, 4) is 0 Å². The van der Waals surface area contributed by atoms with E-state index in [2.05, 4.69) is 5.32 Å². The summed E-state index contributed by atoms with van der Waals surface area (Å²) in [6.45, 7) is 0.174. The number of rotatable bonds is 5. The van der Waals surface area contributed by atoms with Crippen molar-refractivity contribution in [2.45, 2.75) is 42.6 Å². The molecule has 1 aliphatic carbocycles. The first-order valence-corrected chi connectivity index (χ1v) is 8.53. The predicted octanol–water partition coefficient (Wildman–Crippen LogP) is 1.35. The minimum absolute atomic E-state index is 0.159. The van der Waals surface area contributed by atoms with Crippen LogP contribution in [0.5, 0.6) is 0 Å². The second-order valence-corrected chi connectivity index (χ2v) is 7.15. The Morgan fingerprint density at radius 1 is 1.32 bits per heavy atom. The number of anilines is 1. The largest absolute Gasteiger partial charge is 0.388 e. The van der Waals surface area contributed by atoms with Crippen molar-refractivity contribution in [3.63, 3.8) is 0 Å². The molecule has 1 aliphatic rings. The van der Waals surface area contributed by atoms with E-state index in [1.807, 2.05) is 0 Å². The third kappa shape index (κ3) is 3.93. The lowest BCUT2D eigenvalue weighted by Crippen LogP contribution is -2.39. The molecule has 0 amide bonds. The van der Waals surface area contributed by atoms with Crippen molar-refractivity contribution < 1.29 is 18.4 Å². The summed E-state index contributed by atoms with van der Waals surface area (Å²) in [5, 5.41) is 29.2. The summed E-state index contributed by atoms with van der Waals surface area (Å²) >= 11 is 0. The summed E-state index contributed by atoms with van der Waals surface area (Å²) in [5.74, 6) is 0. The Balaban J connectivity index is 2.25. The van der Waals surface area contributed by atoms with E-state index in [4.69, 9.17) is 5.14 Å². The number of hydrogen-bond acceptors (Lipinski definition) is 6. The van der Waals surface area contributed by atoms with E-state index in [-0.39, 0.29) is 22.8 Å². The molecule has 0 spiro atoms. The molecule has 8 nitrogen and oxygen atoms in total. The van der Waals surface area contributed by atoms with Gasteiger partial charge < -0.3 is 10.4 Å². The topological polar surface area (TPSA) is 136 Å². The normalized spacial score (nSPS) is 17.9. The average Bonchev–Trinajstić information content (AvgIpc) is 2.45. The van der Waals surface area contributed by atoms with Crippen LogP contribution in [0.2, 0.25) is 0 Å². The Morgan fingerprint density at radius 3 is 2.50 bits per heavy atom. The molecule has 0 unspecified atom stereocenters. The van der Waals surface area contributed by atoms with Crippen LogP contribution in [-0.2, 0) is 10.0 Å². The highest BCUT2D eigenvalue weighted by atomic mass is 32.2. The first-order valence-electron chi connectivity index (χ1n) is 6.99. The number of nitrogens with two attached hydrogens (primary N) is 1. The van der Waals surface area contributed by atoms with Gasteiger partial charge in [-0.1, -0.05) is 19.3 Å². The molecule has 2 rings (SSSR count). The van der Waals surface area contributed by atoms with Crippen molar-refractivity contribution in [2.24, 2.45) is 5.14 Å². The number of nitro benzene ring substituents is 1. The van der Waals surface area contributed by atoms with Gasteiger partial charge in [-0.2, -0.15) is 0 Å². The van der Waals surface area contributed by atoms with Crippen LogP contribution in [0.3, 0.4) is 0 Å². The Bertz CT molecular complexity index is 668. The molecule has 1 saturated carbocycles. The summed E-state index contributed by atoms with van der Waals surface area (Å²) < 4.78 is 23.2. The molecule has 22 heavy (non-hydrogen) atoms. The number of nitrogens with zero attached hydrogens (tertiary/aromatic N) is 1. The van der Waals surface area contributed by atoms with Gasteiger partial charge in [0.15, 0.2) is 0 Å². The number of hydrogen-bond donors (Lipinski definition) is 3. The molecule has 0 radical (unpaired) electrons. The molecule has 1 aromatic carbocycles. The van der Waals surface area contributed by atoms with Crippen molar-refractivity contribution in [1.29, 1.82) is 0 Å². The predicted molar refractivity (Wildman–Crippen MR) is 81.0 cm³/mol. The monoisotopic (exact) mass is 329 g/mol. The first-order chi connectivity index (χ1) is 10.2. The van der Waals surface area contributed by atoms with Crippen LogP contribution in [0.15, 0.2) is 23.1 Å². The number of sulfonamides is 1. The van der Waals surface area contributed by atoms with E-state index >= 15 is 0 Å². The lowest BCUT2D eigenvalue weighted by atomic mass is 9.85. The Hall–Kier alpha value is -1.71. The Labute approximate surface area is 128 Å². The van der Waals surface area contributed by atoms with Crippen molar-refractivity contribution in [3.05, 3.63) is 28.3 Å². The molecule has 0 bridgehead atoms. The average molecular weight is 329 g/mol. The van der Waals surface area contributed by atoms with Crippen LogP contribution in [0.4, 0.5) is 11.4 Å². The van der Waals surface area contributed by atoms with E-state index in [0.29, 0.717) is 12.8 Å². The molecule has 122 valence electrons. The number of aliphatic hydroxyl groups is 1. The Kier molecular flexibility index (Phi) is 4.69. The van der Waals surface area contributed by atoms with Gasteiger partial charge in [-0.15, -0.1) is 0 Å². The SMILES string of the molecule is NS(=O)(=O)c1cc([N+](=O)[O-])ccc1NCC1(O)CCCCC1. The molecule has 0 aliphatic heterocycles. The Morgan fingerprint density at radius 2 is 1.95 bits per heavy atom. The van der Waals surface area contributed by atoms with E-state index < -0.39 is 20.5 Å². The van der Waals surface area contributed by atoms with Gasteiger partial charge in [0.1, 0.15) is 4.90 Å². The van der Waals surface area contributed by atoms with Crippen molar-refractivity contribution >= 4 is 21.4 Å². The molecular weight excluding hydrogens is 310 g/mol. The van der Waals surface area contributed by atoms with Crippen LogP contribution in [0.25, 0.3) is 0 Å². The molecule has 0 heterocycles. The van der Waals surface area contributed by atoms with E-state index in [1.54, 1.807) is 0 Å². The highest BCUT2D eigenvalue weighted by Crippen LogP contribution is 2.30. The summed E-state index contributed by atoms with van der Waals surface area (Å²) in [4.78, 5) is 9.72. The van der Waals surface area contributed by atoms with Crippen LogP contribution in [0, 0.1) is 10.1 Å². The zero-order chi connectivity index (χ0) is 16.4. The fourth-order valence-electron chi connectivity index (χ4n) is 2.65. The third-order valence-corrected chi connectivity index (χ3v) is 4.83. The fourth-order valence-corrected chi connectivity index (χ4v) is 3.38. The highest BCUT2D eigenvalue weighted by molar-refractivity contribution is 7.89. The van der Waals surface area contributed by atoms with Crippen LogP contribution < -0.4 is 10.5 Å². The summed E-state index contributed by atoms with van der Waals surface area (Å²) in [5.41, 5.74) is -1.09. The first kappa shape index (κ1) is 16.7. The number of primary sulfonamides is 1. The van der Waals surface area contributed by atoms with Gasteiger partial charge in [-0.3, -0.25) is 10.1 Å². The van der Waals surface area contributed by atoms with E-state index in [1.165, 1.54) is 12.1 Å². The standard InChI is InChI=1S/C13H19N3O5S/c14-22(20,21)12-8-10(16(18)19)4-5-11(12)15-9-13(17)6-2-1-3-7-13/h4-5,8,15,17H,1-3,6-7,9H2,(H2,14,20,21). The molecule has 0 saturated heterocycles. The lowest BCUT2D eigenvalue weighted by molar-refractivity contribution is -0.385.